The number of amides is 2. The first-order chi connectivity index (χ1) is 10.6. The first-order valence-corrected chi connectivity index (χ1v) is 8.05. The number of carbonyl (C=O) groups is 2. The van der Waals surface area contributed by atoms with Crippen molar-refractivity contribution in [3.05, 3.63) is 29.0 Å². The van der Waals surface area contributed by atoms with Crippen LogP contribution in [0.3, 0.4) is 0 Å². The minimum Gasteiger partial charge on any atom is -0.343 e. The number of anilines is 1. The van der Waals surface area contributed by atoms with Crippen LogP contribution in [-0.2, 0) is 9.59 Å². The van der Waals surface area contributed by atoms with Crippen molar-refractivity contribution in [2.24, 2.45) is 0 Å². The maximum Gasteiger partial charge on any atom is 0.226 e. The van der Waals surface area contributed by atoms with Gasteiger partial charge >= 0.3 is 0 Å². The fraction of sp³-hybridized carbons (Fsp3) is 0.400. The van der Waals surface area contributed by atoms with Crippen molar-refractivity contribution in [2.45, 2.75) is 26.7 Å². The van der Waals surface area contributed by atoms with E-state index in [1.54, 1.807) is 15.5 Å². The number of hydrogen-bond acceptors (Lipinski definition) is 3. The van der Waals surface area contributed by atoms with Crippen LogP contribution in [0.4, 0.5) is 5.82 Å². The van der Waals surface area contributed by atoms with E-state index in [2.05, 4.69) is 26.2 Å². The molecule has 22 heavy (non-hydrogen) atoms. The predicted octanol–water partition coefficient (Wildman–Crippen LogP) is 2.68. The Morgan fingerprint density at radius 3 is 2.73 bits per heavy atom. The van der Waals surface area contributed by atoms with Crippen LogP contribution in [0, 0.1) is 0 Å². The summed E-state index contributed by atoms with van der Waals surface area (Å²) in [5.74, 6) is 0.403. The molecule has 0 saturated carbocycles. The molecule has 0 radical (unpaired) electrons. The van der Waals surface area contributed by atoms with Crippen molar-refractivity contribution in [3.63, 3.8) is 0 Å². The Bertz CT molecular complexity index is 679. The summed E-state index contributed by atoms with van der Waals surface area (Å²) in [7, 11) is 0. The Morgan fingerprint density at radius 1 is 1.32 bits per heavy atom. The van der Waals surface area contributed by atoms with Crippen LogP contribution in [-0.4, -0.2) is 39.2 Å². The average molecular weight is 367 g/mol. The molecule has 2 rings (SSSR count). The highest BCUT2D eigenvalue weighted by molar-refractivity contribution is 9.10. The van der Waals surface area contributed by atoms with Gasteiger partial charge in [-0.15, -0.1) is 0 Å². The molecule has 0 bridgehead atoms. The molecule has 2 heterocycles. The van der Waals surface area contributed by atoms with Gasteiger partial charge in [0.1, 0.15) is 5.82 Å². The first-order valence-electron chi connectivity index (χ1n) is 7.26. The number of pyridine rings is 1. The van der Waals surface area contributed by atoms with Crippen molar-refractivity contribution in [3.8, 4) is 0 Å². The fourth-order valence-corrected chi connectivity index (χ4v) is 2.68. The Hall–Kier alpha value is -1.89. The number of nitrogens with zero attached hydrogens (tertiary/aromatic N) is 3. The zero-order chi connectivity index (χ0) is 16.1. The normalized spacial score (nSPS) is 10.7. The van der Waals surface area contributed by atoms with E-state index in [0.717, 1.165) is 10.1 Å². The van der Waals surface area contributed by atoms with Gasteiger partial charge in [0.15, 0.2) is 5.65 Å². The quantitative estimate of drug-likeness (QED) is 0.854. The average Bonchev–Trinajstić information content (AvgIpc) is 2.91. The lowest BCUT2D eigenvalue weighted by Gasteiger charge is -2.18. The monoisotopic (exact) mass is 366 g/mol. The van der Waals surface area contributed by atoms with Crippen LogP contribution >= 0.6 is 15.9 Å². The highest BCUT2D eigenvalue weighted by atomic mass is 79.9. The molecule has 118 valence electrons. The van der Waals surface area contributed by atoms with Crippen LogP contribution in [0.15, 0.2) is 29.0 Å². The van der Waals surface area contributed by atoms with E-state index >= 15 is 0 Å². The molecular formula is C15H19BrN4O2. The summed E-state index contributed by atoms with van der Waals surface area (Å²) in [6, 6.07) is 3.75. The fourth-order valence-electron chi connectivity index (χ4n) is 2.23. The zero-order valence-corrected chi connectivity index (χ0v) is 14.3. The van der Waals surface area contributed by atoms with Crippen LogP contribution < -0.4 is 5.32 Å². The van der Waals surface area contributed by atoms with Gasteiger partial charge < -0.3 is 10.2 Å². The Kier molecular flexibility index (Phi) is 5.54. The summed E-state index contributed by atoms with van der Waals surface area (Å²) in [5, 5.41) is 2.79. The lowest BCUT2D eigenvalue weighted by Crippen LogP contribution is -2.31. The van der Waals surface area contributed by atoms with Gasteiger partial charge in [-0.1, -0.05) is 0 Å². The van der Waals surface area contributed by atoms with Crippen LogP contribution in [0.5, 0.6) is 0 Å². The summed E-state index contributed by atoms with van der Waals surface area (Å²) in [5.41, 5.74) is 0.733. The Balaban J connectivity index is 1.97. The number of fused-ring (bicyclic) bond motifs is 1. The van der Waals surface area contributed by atoms with Crippen molar-refractivity contribution >= 4 is 39.2 Å². The molecule has 0 aromatic carbocycles. The predicted molar refractivity (Wildman–Crippen MR) is 88.7 cm³/mol. The molecule has 0 aliphatic heterocycles. The van der Waals surface area contributed by atoms with Crippen LogP contribution in [0.2, 0.25) is 0 Å². The number of imidazole rings is 1. The molecule has 0 aliphatic carbocycles. The van der Waals surface area contributed by atoms with Gasteiger partial charge in [0, 0.05) is 32.1 Å². The van der Waals surface area contributed by atoms with Gasteiger partial charge in [0.25, 0.3) is 0 Å². The van der Waals surface area contributed by atoms with E-state index in [-0.39, 0.29) is 24.7 Å². The molecule has 0 unspecified atom stereocenters. The molecule has 0 atom stereocenters. The highest BCUT2D eigenvalue weighted by Gasteiger charge is 2.13. The molecule has 2 amide bonds. The van der Waals surface area contributed by atoms with Crippen molar-refractivity contribution < 1.29 is 9.59 Å². The number of rotatable bonds is 6. The second-order valence-electron chi connectivity index (χ2n) is 4.81. The maximum atomic E-state index is 12.0. The van der Waals surface area contributed by atoms with Crippen LogP contribution in [0.25, 0.3) is 5.65 Å². The molecule has 0 spiro atoms. The third kappa shape index (κ3) is 3.65. The Labute approximate surface area is 137 Å². The van der Waals surface area contributed by atoms with E-state index in [1.165, 1.54) is 0 Å². The second-order valence-corrected chi connectivity index (χ2v) is 5.66. The smallest absolute Gasteiger partial charge is 0.226 e. The number of hydrogen-bond donors (Lipinski definition) is 1. The van der Waals surface area contributed by atoms with E-state index in [0.29, 0.717) is 18.9 Å². The van der Waals surface area contributed by atoms with Crippen molar-refractivity contribution in [2.75, 3.05) is 18.4 Å². The largest absolute Gasteiger partial charge is 0.343 e. The third-order valence-corrected chi connectivity index (χ3v) is 4.06. The third-order valence-electron chi connectivity index (χ3n) is 3.44. The van der Waals surface area contributed by atoms with Gasteiger partial charge in [-0.2, -0.15) is 0 Å². The minimum absolute atomic E-state index is 0.000960. The lowest BCUT2D eigenvalue weighted by atomic mass is 10.2. The molecule has 6 nitrogen and oxygen atoms in total. The lowest BCUT2D eigenvalue weighted by molar-refractivity contribution is -0.132. The van der Waals surface area contributed by atoms with E-state index in [1.807, 2.05) is 32.2 Å². The summed E-state index contributed by atoms with van der Waals surface area (Å²) in [4.78, 5) is 29.9. The van der Waals surface area contributed by atoms with Crippen LogP contribution in [0.1, 0.15) is 26.7 Å². The number of aromatic nitrogens is 2. The first kappa shape index (κ1) is 16.5. The van der Waals surface area contributed by atoms with Gasteiger partial charge in [-0.25, -0.2) is 4.98 Å². The molecule has 0 aliphatic rings. The SMILES string of the molecule is CCN(CC)C(=O)CCC(=O)Nc1cnc2c(Br)cccn12. The highest BCUT2D eigenvalue weighted by Crippen LogP contribution is 2.20. The van der Waals surface area contributed by atoms with Gasteiger partial charge in [-0.05, 0) is 41.9 Å². The van der Waals surface area contributed by atoms with E-state index in [4.69, 9.17) is 0 Å². The summed E-state index contributed by atoms with van der Waals surface area (Å²) >= 11 is 3.41. The number of carbonyl (C=O) groups excluding carboxylic acids is 2. The van der Waals surface area contributed by atoms with Crippen molar-refractivity contribution in [1.82, 2.24) is 14.3 Å². The number of halogens is 1. The second kappa shape index (κ2) is 7.40. The molecule has 2 aromatic heterocycles. The molecule has 0 saturated heterocycles. The van der Waals surface area contributed by atoms with Gasteiger partial charge in [-0.3, -0.25) is 14.0 Å². The Morgan fingerprint density at radius 2 is 2.05 bits per heavy atom. The molecule has 7 heteroatoms. The number of nitrogens with one attached hydrogen (secondary N) is 1. The van der Waals surface area contributed by atoms with E-state index in [9.17, 15) is 9.59 Å². The maximum absolute atomic E-state index is 12.0. The summed E-state index contributed by atoms with van der Waals surface area (Å²) < 4.78 is 2.64. The molecule has 2 aromatic rings. The summed E-state index contributed by atoms with van der Waals surface area (Å²) in [6.07, 6.45) is 3.80. The van der Waals surface area contributed by atoms with Gasteiger partial charge in [0.2, 0.25) is 11.8 Å². The topological polar surface area (TPSA) is 66.7 Å². The van der Waals surface area contributed by atoms with Gasteiger partial charge in [0.05, 0.1) is 10.7 Å². The zero-order valence-electron chi connectivity index (χ0n) is 12.7. The molecular weight excluding hydrogens is 348 g/mol. The molecule has 1 N–H and O–H groups in total. The molecule has 0 fully saturated rings. The van der Waals surface area contributed by atoms with E-state index < -0.39 is 0 Å². The summed E-state index contributed by atoms with van der Waals surface area (Å²) in [6.45, 7) is 5.19. The van der Waals surface area contributed by atoms with Crippen molar-refractivity contribution in [1.29, 1.82) is 0 Å². The standard InChI is InChI=1S/C15H19BrN4O2/c1-3-19(4-2)14(22)8-7-13(21)18-12-10-17-15-11(16)6-5-9-20(12)15/h5-6,9-10H,3-4,7-8H2,1-2H3,(H,18,21). The minimum atomic E-state index is -0.192.